The minimum atomic E-state index is -3.30. The number of alkyl halides is 2. The van der Waals surface area contributed by atoms with Crippen LogP contribution in [0.2, 0.25) is 0 Å². The van der Waals surface area contributed by atoms with Crippen molar-refractivity contribution in [2.75, 3.05) is 19.6 Å². The van der Waals surface area contributed by atoms with Crippen molar-refractivity contribution >= 4 is 5.91 Å². The Kier molecular flexibility index (Phi) is 7.29. The molecule has 1 aromatic carbocycles. The molecule has 1 saturated heterocycles. The first-order chi connectivity index (χ1) is 15.0. The summed E-state index contributed by atoms with van der Waals surface area (Å²) in [4.78, 5) is 15.7. The van der Waals surface area contributed by atoms with Gasteiger partial charge in [0.25, 0.3) is 5.91 Å². The zero-order valence-corrected chi connectivity index (χ0v) is 19.4. The number of hydrogen-bond donors (Lipinski definition) is 1. The van der Waals surface area contributed by atoms with Gasteiger partial charge in [-0.3, -0.25) is 9.69 Å². The van der Waals surface area contributed by atoms with Gasteiger partial charge in [-0.25, -0.2) is 0 Å². The van der Waals surface area contributed by atoms with E-state index in [0.29, 0.717) is 31.9 Å². The average molecular weight is 451 g/mol. The highest BCUT2D eigenvalue weighted by atomic mass is 19.3. The number of aliphatic hydroxyl groups is 1. The van der Waals surface area contributed by atoms with Gasteiger partial charge in [0.1, 0.15) is 6.10 Å². The van der Waals surface area contributed by atoms with E-state index in [2.05, 4.69) is 27.2 Å². The summed E-state index contributed by atoms with van der Waals surface area (Å²) in [5, 5.41) is 17.5. The number of benzene rings is 1. The predicted molar refractivity (Wildman–Crippen MR) is 115 cm³/mol. The monoisotopic (exact) mass is 450 g/mol. The Hall–Kier alpha value is -2.39. The fourth-order valence-corrected chi connectivity index (χ4v) is 4.11. The van der Waals surface area contributed by atoms with Gasteiger partial charge in [0.05, 0.1) is 6.42 Å². The first-order valence-electron chi connectivity index (χ1n) is 11.0. The molecule has 0 saturated carbocycles. The molecule has 3 rings (SSSR count). The molecule has 1 fully saturated rings. The number of aryl methyl sites for hydroxylation is 1. The van der Waals surface area contributed by atoms with E-state index < -0.39 is 24.4 Å². The Bertz CT molecular complexity index is 961. The highest BCUT2D eigenvalue weighted by Crippen LogP contribution is 2.26. The number of carbonyl (C=O) groups is 1. The molecule has 0 spiro atoms. The van der Waals surface area contributed by atoms with E-state index in [1.54, 1.807) is 6.92 Å². The number of amides is 1. The predicted octanol–water partition coefficient (Wildman–Crippen LogP) is 3.41. The van der Waals surface area contributed by atoms with Gasteiger partial charge in [-0.1, -0.05) is 24.6 Å². The van der Waals surface area contributed by atoms with Crippen LogP contribution in [0.1, 0.15) is 67.3 Å². The third kappa shape index (κ3) is 5.32. The summed E-state index contributed by atoms with van der Waals surface area (Å²) >= 11 is 0. The van der Waals surface area contributed by atoms with Crippen LogP contribution < -0.4 is 0 Å². The SMILES string of the molecule is CCC(F)(F)C(=O)N1CCN(Cc2cc(C)cc(Cc3nnc([C@@H](C)O)o3)c2C)C[C@@H]1C. The second-order valence-corrected chi connectivity index (χ2v) is 8.74. The summed E-state index contributed by atoms with van der Waals surface area (Å²) in [6.45, 7) is 10.8. The molecule has 1 aliphatic rings. The number of carbonyl (C=O) groups excluding carboxylic acids is 1. The van der Waals surface area contributed by atoms with Crippen molar-refractivity contribution in [3.63, 3.8) is 0 Å². The van der Waals surface area contributed by atoms with Crippen LogP contribution >= 0.6 is 0 Å². The van der Waals surface area contributed by atoms with Crippen LogP contribution in [0.3, 0.4) is 0 Å². The lowest BCUT2D eigenvalue weighted by molar-refractivity contribution is -0.162. The van der Waals surface area contributed by atoms with Crippen molar-refractivity contribution in [1.82, 2.24) is 20.0 Å². The Morgan fingerprint density at radius 2 is 1.97 bits per heavy atom. The summed E-state index contributed by atoms with van der Waals surface area (Å²) in [7, 11) is 0. The summed E-state index contributed by atoms with van der Waals surface area (Å²) in [6.07, 6.45) is -0.830. The highest BCUT2D eigenvalue weighted by Gasteiger charge is 2.42. The van der Waals surface area contributed by atoms with E-state index in [9.17, 15) is 18.7 Å². The maximum absolute atomic E-state index is 13.9. The van der Waals surface area contributed by atoms with E-state index in [1.165, 1.54) is 11.8 Å². The molecule has 9 heteroatoms. The van der Waals surface area contributed by atoms with Gasteiger partial charge in [-0.2, -0.15) is 8.78 Å². The van der Waals surface area contributed by atoms with Crippen molar-refractivity contribution in [1.29, 1.82) is 0 Å². The second-order valence-electron chi connectivity index (χ2n) is 8.74. The van der Waals surface area contributed by atoms with E-state index in [0.717, 1.165) is 22.3 Å². The van der Waals surface area contributed by atoms with Crippen molar-refractivity contribution in [2.24, 2.45) is 0 Å². The van der Waals surface area contributed by atoms with Crippen molar-refractivity contribution in [2.45, 2.75) is 72.1 Å². The number of hydrogen-bond acceptors (Lipinski definition) is 6. The lowest BCUT2D eigenvalue weighted by Crippen LogP contribution is -2.57. The van der Waals surface area contributed by atoms with Crippen LogP contribution in [0.15, 0.2) is 16.5 Å². The molecule has 176 valence electrons. The van der Waals surface area contributed by atoms with E-state index in [4.69, 9.17) is 4.42 Å². The number of aromatic nitrogens is 2. The minimum absolute atomic E-state index is 0.195. The third-order valence-corrected chi connectivity index (χ3v) is 6.07. The third-order valence-electron chi connectivity index (χ3n) is 6.07. The zero-order valence-electron chi connectivity index (χ0n) is 19.4. The largest absolute Gasteiger partial charge is 0.422 e. The summed E-state index contributed by atoms with van der Waals surface area (Å²) in [6, 6.07) is 3.92. The molecule has 7 nitrogen and oxygen atoms in total. The summed E-state index contributed by atoms with van der Waals surface area (Å²) in [5.74, 6) is -3.74. The summed E-state index contributed by atoms with van der Waals surface area (Å²) in [5.41, 5.74) is 4.41. The van der Waals surface area contributed by atoms with Gasteiger partial charge >= 0.3 is 5.92 Å². The number of piperazine rings is 1. The van der Waals surface area contributed by atoms with Gasteiger partial charge in [0, 0.05) is 38.6 Å². The Morgan fingerprint density at radius 1 is 1.28 bits per heavy atom. The number of nitrogens with zero attached hydrogens (tertiary/aromatic N) is 4. The molecular weight excluding hydrogens is 418 g/mol. The van der Waals surface area contributed by atoms with Crippen LogP contribution in [0.4, 0.5) is 8.78 Å². The van der Waals surface area contributed by atoms with Gasteiger partial charge in [-0.05, 0) is 44.4 Å². The normalized spacial score (nSPS) is 18.8. The number of rotatable bonds is 7. The van der Waals surface area contributed by atoms with Gasteiger partial charge < -0.3 is 14.4 Å². The topological polar surface area (TPSA) is 82.7 Å². The fraction of sp³-hybridized carbons (Fsp3) is 0.609. The molecule has 1 aliphatic heterocycles. The van der Waals surface area contributed by atoms with Crippen LogP contribution in [-0.2, 0) is 17.8 Å². The maximum atomic E-state index is 13.9. The van der Waals surface area contributed by atoms with Gasteiger partial charge in [0.15, 0.2) is 0 Å². The average Bonchev–Trinajstić information content (AvgIpc) is 3.20. The van der Waals surface area contributed by atoms with Crippen LogP contribution in [0.25, 0.3) is 0 Å². The molecule has 0 aliphatic carbocycles. The molecule has 2 heterocycles. The molecule has 1 aromatic heterocycles. The molecule has 1 N–H and O–H groups in total. The first kappa shape index (κ1) is 24.3. The Labute approximate surface area is 187 Å². The Balaban J connectivity index is 1.71. The van der Waals surface area contributed by atoms with Crippen molar-refractivity contribution in [3.8, 4) is 0 Å². The molecule has 32 heavy (non-hydrogen) atoms. The van der Waals surface area contributed by atoms with Crippen molar-refractivity contribution < 1.29 is 23.1 Å². The standard InChI is InChI=1S/C23H32F2N4O3/c1-6-23(24,25)22(31)29-8-7-28(12-15(29)3)13-19-10-14(2)9-18(16(19)4)11-20-26-27-21(32-20)17(5)30/h9-10,15,17,30H,6-8,11-13H2,1-5H3/t15-,17+/m0/s1. The fourth-order valence-electron chi connectivity index (χ4n) is 4.11. The van der Waals surface area contributed by atoms with Gasteiger partial charge in [-0.15, -0.1) is 10.2 Å². The van der Waals surface area contributed by atoms with Crippen LogP contribution in [-0.4, -0.2) is 62.6 Å². The smallest absolute Gasteiger partial charge is 0.324 e. The van der Waals surface area contributed by atoms with Crippen molar-refractivity contribution in [3.05, 3.63) is 46.2 Å². The molecule has 0 unspecified atom stereocenters. The first-order valence-corrected chi connectivity index (χ1v) is 11.0. The molecule has 0 radical (unpaired) electrons. The zero-order chi connectivity index (χ0) is 23.6. The molecule has 0 bridgehead atoms. The molecular formula is C23H32F2N4O3. The van der Waals surface area contributed by atoms with E-state index >= 15 is 0 Å². The maximum Gasteiger partial charge on any atom is 0.324 e. The second kappa shape index (κ2) is 9.62. The lowest BCUT2D eigenvalue weighted by atomic mass is 9.96. The number of aliphatic hydroxyl groups excluding tert-OH is 1. The van der Waals surface area contributed by atoms with Crippen LogP contribution in [0.5, 0.6) is 0 Å². The Morgan fingerprint density at radius 3 is 2.56 bits per heavy atom. The van der Waals surface area contributed by atoms with E-state index in [1.807, 2.05) is 20.8 Å². The molecule has 2 atom stereocenters. The quantitative estimate of drug-likeness (QED) is 0.696. The lowest BCUT2D eigenvalue weighted by Gasteiger charge is -2.41. The van der Waals surface area contributed by atoms with Gasteiger partial charge in [0.2, 0.25) is 11.8 Å². The molecule has 2 aromatic rings. The highest BCUT2D eigenvalue weighted by molar-refractivity contribution is 5.83. The van der Waals surface area contributed by atoms with E-state index in [-0.39, 0.29) is 18.5 Å². The van der Waals surface area contributed by atoms with Crippen LogP contribution in [0, 0.1) is 13.8 Å². The summed E-state index contributed by atoms with van der Waals surface area (Å²) < 4.78 is 33.3. The molecule has 1 amide bonds. The number of halogens is 2. The minimum Gasteiger partial charge on any atom is -0.422 e.